The van der Waals surface area contributed by atoms with Crippen molar-refractivity contribution >= 4 is 5.91 Å². The van der Waals surface area contributed by atoms with E-state index in [9.17, 15) is 4.79 Å². The Hall–Kier alpha value is -2.30. The van der Waals surface area contributed by atoms with E-state index in [-0.39, 0.29) is 12.5 Å². The first-order valence-corrected chi connectivity index (χ1v) is 9.01. The lowest BCUT2D eigenvalue weighted by molar-refractivity contribution is 0.0749. The summed E-state index contributed by atoms with van der Waals surface area (Å²) in [4.78, 5) is 14.8. The third-order valence-corrected chi connectivity index (χ3v) is 4.85. The summed E-state index contributed by atoms with van der Waals surface area (Å²) in [6.45, 7) is 7.74. The number of para-hydroxylation sites is 1. The lowest BCUT2D eigenvalue weighted by Gasteiger charge is -2.19. The summed E-state index contributed by atoms with van der Waals surface area (Å²) in [5, 5.41) is 4.03. The first kappa shape index (κ1) is 17.5. The van der Waals surface area contributed by atoms with Crippen molar-refractivity contribution in [2.24, 2.45) is 0 Å². The van der Waals surface area contributed by atoms with Crippen LogP contribution in [0.15, 0.2) is 22.7 Å². The molecule has 5 heteroatoms. The van der Waals surface area contributed by atoms with Crippen LogP contribution in [0, 0.1) is 20.8 Å². The highest BCUT2D eigenvalue weighted by molar-refractivity contribution is 5.93. The Morgan fingerprint density at radius 2 is 1.76 bits per heavy atom. The summed E-state index contributed by atoms with van der Waals surface area (Å²) in [5.74, 6) is 1.46. The second-order valence-corrected chi connectivity index (χ2v) is 6.78. The average molecular weight is 342 g/mol. The van der Waals surface area contributed by atoms with E-state index in [2.05, 4.69) is 5.16 Å². The van der Waals surface area contributed by atoms with E-state index in [1.807, 2.05) is 43.9 Å². The van der Waals surface area contributed by atoms with Crippen LogP contribution >= 0.6 is 0 Å². The molecule has 1 amide bonds. The number of carbonyl (C=O) groups is 1. The highest BCUT2D eigenvalue weighted by Gasteiger charge is 2.25. The Balaban J connectivity index is 1.78. The molecule has 25 heavy (non-hydrogen) atoms. The van der Waals surface area contributed by atoms with Gasteiger partial charge in [-0.25, -0.2) is 0 Å². The maximum Gasteiger partial charge on any atom is 0.276 e. The third kappa shape index (κ3) is 3.86. The van der Waals surface area contributed by atoms with Gasteiger partial charge in [0.05, 0.1) is 5.56 Å². The minimum atomic E-state index is -0.0427. The summed E-state index contributed by atoms with van der Waals surface area (Å²) in [6.07, 6.45) is 4.47. The van der Waals surface area contributed by atoms with Crippen molar-refractivity contribution in [1.82, 2.24) is 10.1 Å². The summed E-state index contributed by atoms with van der Waals surface area (Å²) in [5.41, 5.74) is 3.30. The molecule has 3 rings (SSSR count). The van der Waals surface area contributed by atoms with Crippen LogP contribution in [0.25, 0.3) is 0 Å². The molecular weight excluding hydrogens is 316 g/mol. The van der Waals surface area contributed by atoms with E-state index >= 15 is 0 Å². The van der Waals surface area contributed by atoms with Crippen molar-refractivity contribution in [2.45, 2.75) is 53.1 Å². The molecule has 1 aromatic carbocycles. The fraction of sp³-hybridized carbons (Fsp3) is 0.500. The van der Waals surface area contributed by atoms with Crippen LogP contribution in [-0.2, 0) is 6.61 Å². The topological polar surface area (TPSA) is 55.6 Å². The van der Waals surface area contributed by atoms with Gasteiger partial charge in [0.25, 0.3) is 5.91 Å². The van der Waals surface area contributed by atoms with Crippen LogP contribution in [0.1, 0.15) is 58.6 Å². The molecule has 0 saturated carbocycles. The fourth-order valence-corrected chi connectivity index (χ4v) is 3.32. The molecule has 1 aliphatic rings. The summed E-state index contributed by atoms with van der Waals surface area (Å²) >= 11 is 0. The third-order valence-electron chi connectivity index (χ3n) is 4.85. The predicted octanol–water partition coefficient (Wildman–Crippen LogP) is 4.20. The van der Waals surface area contributed by atoms with Crippen LogP contribution in [-0.4, -0.2) is 29.1 Å². The quantitative estimate of drug-likeness (QED) is 0.836. The molecule has 0 bridgehead atoms. The van der Waals surface area contributed by atoms with Gasteiger partial charge >= 0.3 is 0 Å². The number of ether oxygens (including phenoxy) is 1. The standard InChI is InChI=1S/C20H26N2O3/c1-14-9-8-10-15(2)19(14)24-13-17-16(3)25-21-18(17)20(23)22-11-6-4-5-7-12-22/h8-10H,4-7,11-13H2,1-3H3. The maximum absolute atomic E-state index is 12.9. The minimum Gasteiger partial charge on any atom is -0.488 e. The molecule has 2 heterocycles. The van der Waals surface area contributed by atoms with Gasteiger partial charge in [-0.1, -0.05) is 36.2 Å². The number of amides is 1. The Morgan fingerprint density at radius 1 is 1.12 bits per heavy atom. The molecule has 0 N–H and O–H groups in total. The van der Waals surface area contributed by atoms with Crippen LogP contribution < -0.4 is 4.74 Å². The fourth-order valence-electron chi connectivity index (χ4n) is 3.32. The molecule has 0 unspecified atom stereocenters. The minimum absolute atomic E-state index is 0.0427. The molecule has 1 fully saturated rings. The zero-order valence-corrected chi connectivity index (χ0v) is 15.3. The van der Waals surface area contributed by atoms with E-state index in [0.29, 0.717) is 11.5 Å². The van der Waals surface area contributed by atoms with Crippen molar-refractivity contribution in [1.29, 1.82) is 0 Å². The lowest BCUT2D eigenvalue weighted by Crippen LogP contribution is -2.32. The Bertz CT molecular complexity index is 723. The molecule has 5 nitrogen and oxygen atoms in total. The van der Waals surface area contributed by atoms with Crippen molar-refractivity contribution in [3.05, 3.63) is 46.3 Å². The number of nitrogens with zero attached hydrogens (tertiary/aromatic N) is 2. The Labute approximate surface area is 148 Å². The van der Waals surface area contributed by atoms with Crippen LogP contribution in [0.3, 0.4) is 0 Å². The van der Waals surface area contributed by atoms with Gasteiger partial charge in [0, 0.05) is 13.1 Å². The molecule has 1 saturated heterocycles. The van der Waals surface area contributed by atoms with Gasteiger partial charge in [0.2, 0.25) is 0 Å². The zero-order chi connectivity index (χ0) is 17.8. The number of likely N-dealkylation sites (tertiary alicyclic amines) is 1. The number of carbonyl (C=O) groups excluding carboxylic acids is 1. The highest BCUT2D eigenvalue weighted by atomic mass is 16.5. The van der Waals surface area contributed by atoms with Gasteiger partial charge in [0.1, 0.15) is 18.1 Å². The highest BCUT2D eigenvalue weighted by Crippen LogP contribution is 2.25. The van der Waals surface area contributed by atoms with Crippen molar-refractivity contribution in [2.75, 3.05) is 13.1 Å². The second-order valence-electron chi connectivity index (χ2n) is 6.78. The molecule has 0 spiro atoms. The predicted molar refractivity (Wildman–Crippen MR) is 95.9 cm³/mol. The first-order valence-electron chi connectivity index (χ1n) is 9.01. The van der Waals surface area contributed by atoms with Crippen LogP contribution in [0.5, 0.6) is 5.75 Å². The van der Waals surface area contributed by atoms with E-state index < -0.39 is 0 Å². The molecule has 1 aromatic heterocycles. The first-order chi connectivity index (χ1) is 12.1. The van der Waals surface area contributed by atoms with Crippen molar-refractivity contribution in [3.8, 4) is 5.75 Å². The number of aryl methyl sites for hydroxylation is 3. The number of hydrogen-bond donors (Lipinski definition) is 0. The van der Waals surface area contributed by atoms with Gasteiger partial charge < -0.3 is 14.2 Å². The molecule has 0 radical (unpaired) electrons. The zero-order valence-electron chi connectivity index (χ0n) is 15.3. The van der Waals surface area contributed by atoms with Gasteiger partial charge in [-0.15, -0.1) is 0 Å². The number of rotatable bonds is 4. The van der Waals surface area contributed by atoms with Crippen LogP contribution in [0.4, 0.5) is 0 Å². The van der Waals surface area contributed by atoms with E-state index in [4.69, 9.17) is 9.26 Å². The monoisotopic (exact) mass is 342 g/mol. The molecule has 0 atom stereocenters. The van der Waals surface area contributed by atoms with E-state index in [0.717, 1.165) is 48.4 Å². The SMILES string of the molecule is Cc1cccc(C)c1OCc1c(C(=O)N2CCCCCC2)noc1C. The average Bonchev–Trinajstić information content (AvgIpc) is 2.80. The number of aromatic nitrogens is 1. The van der Waals surface area contributed by atoms with E-state index in [1.54, 1.807) is 0 Å². The maximum atomic E-state index is 12.9. The summed E-state index contributed by atoms with van der Waals surface area (Å²) < 4.78 is 11.3. The van der Waals surface area contributed by atoms with Crippen LogP contribution in [0.2, 0.25) is 0 Å². The molecular formula is C20H26N2O3. The Morgan fingerprint density at radius 3 is 2.40 bits per heavy atom. The molecule has 1 aliphatic heterocycles. The summed E-state index contributed by atoms with van der Waals surface area (Å²) in [7, 11) is 0. The van der Waals surface area contributed by atoms with E-state index in [1.165, 1.54) is 12.8 Å². The largest absolute Gasteiger partial charge is 0.488 e. The lowest BCUT2D eigenvalue weighted by atomic mass is 10.1. The molecule has 0 aliphatic carbocycles. The van der Waals surface area contributed by atoms with Gasteiger partial charge in [0.15, 0.2) is 5.69 Å². The number of hydrogen-bond acceptors (Lipinski definition) is 4. The molecule has 134 valence electrons. The Kier molecular flexibility index (Phi) is 5.41. The second kappa shape index (κ2) is 7.72. The number of benzene rings is 1. The smallest absolute Gasteiger partial charge is 0.276 e. The van der Waals surface area contributed by atoms with Crippen molar-refractivity contribution < 1.29 is 14.1 Å². The molecule has 2 aromatic rings. The van der Waals surface area contributed by atoms with Crippen molar-refractivity contribution in [3.63, 3.8) is 0 Å². The van der Waals surface area contributed by atoms with Gasteiger partial charge in [-0.3, -0.25) is 4.79 Å². The summed E-state index contributed by atoms with van der Waals surface area (Å²) in [6, 6.07) is 6.05. The van der Waals surface area contributed by atoms with Gasteiger partial charge in [-0.2, -0.15) is 0 Å². The van der Waals surface area contributed by atoms with Gasteiger partial charge in [-0.05, 0) is 44.7 Å². The normalized spacial score (nSPS) is 15.1.